The normalized spacial score (nSPS) is 12.5. The molecule has 5 nitrogen and oxygen atoms in total. The average Bonchev–Trinajstić information content (AvgIpc) is 2.77. The average molecular weight is 507 g/mol. The van der Waals surface area contributed by atoms with Crippen molar-refractivity contribution in [1.82, 2.24) is 0 Å². The van der Waals surface area contributed by atoms with E-state index in [1.54, 1.807) is 0 Å². The second kappa shape index (κ2) is 23.2. The molecule has 206 valence electrons. The first-order valence-electron chi connectivity index (χ1n) is 14.6. The quantitative estimate of drug-likeness (QED) is 0.0701. The Kier molecular flexibility index (Phi) is 23.1. The minimum atomic E-state index is -3.82. The van der Waals surface area contributed by atoms with E-state index in [9.17, 15) is 8.42 Å². The van der Waals surface area contributed by atoms with Crippen molar-refractivity contribution in [1.29, 1.82) is 0 Å². The van der Waals surface area contributed by atoms with Gasteiger partial charge < -0.3 is 9.22 Å². The van der Waals surface area contributed by atoms with E-state index in [0.29, 0.717) is 19.4 Å². The molecule has 0 bridgehead atoms. The molecule has 0 aliphatic rings. The second-order valence-corrected chi connectivity index (χ2v) is 12.6. The van der Waals surface area contributed by atoms with Crippen LogP contribution in [-0.2, 0) is 14.9 Å². The minimum absolute atomic E-state index is 0.165. The third kappa shape index (κ3) is 28.1. The van der Waals surface area contributed by atoms with E-state index in [2.05, 4.69) is 21.0 Å². The lowest BCUT2D eigenvalue weighted by atomic mass is 10.0. The highest BCUT2D eigenvalue weighted by Crippen LogP contribution is 2.14. The Balaban J connectivity index is 3.32. The van der Waals surface area contributed by atoms with Gasteiger partial charge in [-0.3, -0.25) is 4.55 Å². The maximum Gasteiger partial charge on any atom is 0.264 e. The van der Waals surface area contributed by atoms with Gasteiger partial charge in [0.1, 0.15) is 0 Å². The van der Waals surface area contributed by atoms with Crippen LogP contribution in [0.4, 0.5) is 0 Å². The fraction of sp³-hybridized carbons (Fsp3) is 1.00. The molecule has 1 N–H and O–H groups in total. The van der Waals surface area contributed by atoms with Crippen molar-refractivity contribution < 1.29 is 22.2 Å². The maximum absolute atomic E-state index is 10.6. The van der Waals surface area contributed by atoms with Gasteiger partial charge in [0.2, 0.25) is 0 Å². The SMILES string of the molecule is CCCCCCCCCCCCCCCCCC[N+](C)(C)CCCCOCCCCS(=O)(=O)O. The molecule has 0 aromatic heterocycles. The highest BCUT2D eigenvalue weighted by atomic mass is 32.2. The summed E-state index contributed by atoms with van der Waals surface area (Å²) in [7, 11) is 0.846. The van der Waals surface area contributed by atoms with Crippen LogP contribution in [0.15, 0.2) is 0 Å². The van der Waals surface area contributed by atoms with Crippen molar-refractivity contribution in [2.45, 2.75) is 135 Å². The molecule has 0 saturated heterocycles. The lowest BCUT2D eigenvalue weighted by Gasteiger charge is -2.30. The van der Waals surface area contributed by atoms with Crippen molar-refractivity contribution in [3.8, 4) is 0 Å². The molecule has 0 atom stereocenters. The molecule has 0 aromatic carbocycles. The van der Waals surface area contributed by atoms with E-state index in [1.807, 2.05) is 0 Å². The van der Waals surface area contributed by atoms with Gasteiger partial charge in [-0.2, -0.15) is 8.42 Å². The molecule has 6 heteroatoms. The number of hydrogen-bond acceptors (Lipinski definition) is 3. The number of unbranched alkanes of at least 4 members (excludes halogenated alkanes) is 17. The van der Waals surface area contributed by atoms with E-state index in [4.69, 9.17) is 9.29 Å². The highest BCUT2D eigenvalue weighted by molar-refractivity contribution is 7.85. The number of ether oxygens (including phenoxy) is 1. The zero-order chi connectivity index (χ0) is 25.4. The van der Waals surface area contributed by atoms with E-state index in [0.717, 1.165) is 23.9 Å². The maximum atomic E-state index is 10.6. The molecule has 0 rings (SSSR count). The predicted octanol–water partition coefficient (Wildman–Crippen LogP) is 7.79. The lowest BCUT2D eigenvalue weighted by Crippen LogP contribution is -2.41. The van der Waals surface area contributed by atoms with E-state index >= 15 is 0 Å². The van der Waals surface area contributed by atoms with Crippen molar-refractivity contribution >= 4 is 10.1 Å². The van der Waals surface area contributed by atoms with Crippen LogP contribution in [0.1, 0.15) is 135 Å². The zero-order valence-electron chi connectivity index (χ0n) is 23.2. The molecule has 0 aromatic rings. The van der Waals surface area contributed by atoms with Gasteiger partial charge in [0.05, 0.1) is 32.9 Å². The first kappa shape index (κ1) is 33.8. The molecule has 0 heterocycles. The molecule has 0 radical (unpaired) electrons. The molecular formula is C28H60NO4S+. The van der Waals surface area contributed by atoms with Gasteiger partial charge in [0.25, 0.3) is 10.1 Å². The number of nitrogens with zero attached hydrogens (tertiary/aromatic N) is 1. The Morgan fingerprint density at radius 2 is 0.912 bits per heavy atom. The fourth-order valence-corrected chi connectivity index (χ4v) is 5.10. The van der Waals surface area contributed by atoms with Gasteiger partial charge in [0.15, 0.2) is 0 Å². The van der Waals surface area contributed by atoms with Crippen molar-refractivity contribution in [2.24, 2.45) is 0 Å². The molecule has 0 unspecified atom stereocenters. The number of hydrogen-bond donors (Lipinski definition) is 1. The van der Waals surface area contributed by atoms with Crippen LogP contribution >= 0.6 is 0 Å². The summed E-state index contributed by atoms with van der Waals surface area (Å²) in [5.41, 5.74) is 0. The minimum Gasteiger partial charge on any atom is -0.381 e. The third-order valence-electron chi connectivity index (χ3n) is 6.86. The molecule has 0 aliphatic carbocycles. The third-order valence-corrected chi connectivity index (χ3v) is 7.66. The Labute approximate surface area is 213 Å². The second-order valence-electron chi connectivity index (χ2n) is 11.0. The summed E-state index contributed by atoms with van der Waals surface area (Å²) in [6, 6.07) is 0. The number of quaternary nitrogens is 1. The number of rotatable bonds is 27. The summed E-state index contributed by atoms with van der Waals surface area (Å²) in [4.78, 5) is 0. The van der Waals surface area contributed by atoms with E-state index < -0.39 is 10.1 Å². The molecule has 0 spiro atoms. The summed E-state index contributed by atoms with van der Waals surface area (Å²) in [6.45, 7) is 6.05. The largest absolute Gasteiger partial charge is 0.381 e. The van der Waals surface area contributed by atoms with Gasteiger partial charge >= 0.3 is 0 Å². The van der Waals surface area contributed by atoms with Gasteiger partial charge in [-0.25, -0.2) is 0 Å². The first-order valence-corrected chi connectivity index (χ1v) is 16.2. The van der Waals surface area contributed by atoms with E-state index in [1.165, 1.54) is 116 Å². The zero-order valence-corrected chi connectivity index (χ0v) is 24.0. The summed E-state index contributed by atoms with van der Waals surface area (Å²) < 4.78 is 36.6. The molecule has 34 heavy (non-hydrogen) atoms. The first-order chi connectivity index (χ1) is 16.3. The molecule has 0 amide bonds. The van der Waals surface area contributed by atoms with Crippen LogP contribution in [0.3, 0.4) is 0 Å². The lowest BCUT2D eigenvalue weighted by molar-refractivity contribution is -0.890. The van der Waals surface area contributed by atoms with Crippen LogP contribution in [-0.4, -0.2) is 63.6 Å². The van der Waals surface area contributed by atoms with Crippen molar-refractivity contribution in [3.63, 3.8) is 0 Å². The van der Waals surface area contributed by atoms with Crippen LogP contribution in [0.2, 0.25) is 0 Å². The fourth-order valence-electron chi connectivity index (χ4n) is 4.53. The summed E-state index contributed by atoms with van der Waals surface area (Å²) in [6.07, 6.45) is 26.1. The van der Waals surface area contributed by atoms with E-state index in [-0.39, 0.29) is 5.75 Å². The topological polar surface area (TPSA) is 63.6 Å². The highest BCUT2D eigenvalue weighted by Gasteiger charge is 2.13. The Hall–Kier alpha value is -0.170. The van der Waals surface area contributed by atoms with Crippen LogP contribution < -0.4 is 0 Å². The summed E-state index contributed by atoms with van der Waals surface area (Å²) in [5, 5.41) is 0. The molecule has 0 fully saturated rings. The van der Waals surface area contributed by atoms with Gasteiger partial charge in [-0.05, 0) is 38.5 Å². The Bertz CT molecular complexity index is 522. The predicted molar refractivity (Wildman–Crippen MR) is 147 cm³/mol. The molecule has 0 saturated carbocycles. The smallest absolute Gasteiger partial charge is 0.264 e. The summed E-state index contributed by atoms with van der Waals surface area (Å²) in [5.74, 6) is -0.165. The molecular weight excluding hydrogens is 446 g/mol. The van der Waals surface area contributed by atoms with Gasteiger partial charge in [-0.1, -0.05) is 96.8 Å². The van der Waals surface area contributed by atoms with Crippen LogP contribution in [0, 0.1) is 0 Å². The standard InChI is InChI=1S/C28H59NO4S/c1-4-5-6-7-8-9-10-11-12-13-14-15-16-17-18-19-24-29(2,3)25-20-21-26-33-27-22-23-28-34(30,31)32/h4-28H2,1-3H3/p+1. The van der Waals surface area contributed by atoms with Gasteiger partial charge in [0, 0.05) is 13.2 Å². The van der Waals surface area contributed by atoms with Crippen LogP contribution in [0.25, 0.3) is 0 Å². The Morgan fingerprint density at radius 3 is 1.32 bits per heavy atom. The van der Waals surface area contributed by atoms with Crippen molar-refractivity contribution in [3.05, 3.63) is 0 Å². The van der Waals surface area contributed by atoms with Crippen molar-refractivity contribution in [2.75, 3.05) is 46.2 Å². The molecule has 0 aliphatic heterocycles. The van der Waals surface area contributed by atoms with Crippen LogP contribution in [0.5, 0.6) is 0 Å². The summed E-state index contributed by atoms with van der Waals surface area (Å²) >= 11 is 0. The Morgan fingerprint density at radius 1 is 0.559 bits per heavy atom. The monoisotopic (exact) mass is 506 g/mol. The van der Waals surface area contributed by atoms with Gasteiger partial charge in [-0.15, -0.1) is 0 Å².